The zero-order valence-corrected chi connectivity index (χ0v) is 13.6. The molecule has 1 heterocycles. The summed E-state index contributed by atoms with van der Waals surface area (Å²) in [7, 11) is 1.66. The highest BCUT2D eigenvalue weighted by Gasteiger charge is 2.16. The molecule has 0 saturated carbocycles. The van der Waals surface area contributed by atoms with Crippen molar-refractivity contribution < 1.29 is 13.9 Å². The monoisotopic (exact) mass is 315 g/mol. The van der Waals surface area contributed by atoms with Gasteiger partial charge in [-0.25, -0.2) is 4.39 Å². The van der Waals surface area contributed by atoms with Gasteiger partial charge >= 0.3 is 0 Å². The number of ether oxygens (including phenoxy) is 2. The van der Waals surface area contributed by atoms with Crippen molar-refractivity contribution in [2.45, 2.75) is 26.1 Å². The Morgan fingerprint density at radius 3 is 2.78 bits per heavy atom. The van der Waals surface area contributed by atoms with Crippen molar-refractivity contribution in [2.24, 2.45) is 0 Å². The van der Waals surface area contributed by atoms with Crippen LogP contribution in [-0.4, -0.2) is 26.3 Å². The van der Waals surface area contributed by atoms with Crippen molar-refractivity contribution in [3.8, 4) is 16.9 Å². The zero-order valence-electron chi connectivity index (χ0n) is 13.6. The van der Waals surface area contributed by atoms with Crippen LogP contribution in [0.25, 0.3) is 11.1 Å². The van der Waals surface area contributed by atoms with Crippen LogP contribution in [0.1, 0.15) is 17.5 Å². The summed E-state index contributed by atoms with van der Waals surface area (Å²) in [6, 6.07) is 10.9. The first-order chi connectivity index (χ1) is 11.2. The molecular formula is C19H22FNO2. The van der Waals surface area contributed by atoms with Crippen LogP contribution in [0.3, 0.4) is 0 Å². The molecule has 0 aromatic heterocycles. The quantitative estimate of drug-likeness (QED) is 0.913. The molecule has 0 unspecified atom stereocenters. The summed E-state index contributed by atoms with van der Waals surface area (Å²) >= 11 is 0. The first kappa shape index (κ1) is 16.0. The number of halogens is 1. The predicted molar refractivity (Wildman–Crippen MR) is 89.2 cm³/mol. The van der Waals surface area contributed by atoms with Gasteiger partial charge in [0.05, 0.1) is 19.8 Å². The summed E-state index contributed by atoms with van der Waals surface area (Å²) in [6.45, 7) is 4.28. The summed E-state index contributed by atoms with van der Waals surface area (Å²) in [5.74, 6) is 0.618. The Hall–Kier alpha value is -1.91. The van der Waals surface area contributed by atoms with Gasteiger partial charge in [-0.2, -0.15) is 0 Å². The number of rotatable bonds is 5. The molecule has 1 N–H and O–H groups in total. The van der Waals surface area contributed by atoms with Crippen molar-refractivity contribution in [1.82, 2.24) is 5.32 Å². The van der Waals surface area contributed by atoms with Crippen LogP contribution in [0.15, 0.2) is 36.4 Å². The van der Waals surface area contributed by atoms with Gasteiger partial charge in [0.25, 0.3) is 0 Å². The lowest BCUT2D eigenvalue weighted by Gasteiger charge is -2.15. The number of hydrogen-bond acceptors (Lipinski definition) is 3. The van der Waals surface area contributed by atoms with Crippen LogP contribution < -0.4 is 10.1 Å². The number of methoxy groups -OCH3 is 1. The Morgan fingerprint density at radius 1 is 1.22 bits per heavy atom. The predicted octanol–water partition coefficient (Wildman–Crippen LogP) is 3.69. The molecule has 1 atom stereocenters. The summed E-state index contributed by atoms with van der Waals surface area (Å²) in [5.41, 5.74) is 3.98. The smallest absolute Gasteiger partial charge is 0.123 e. The Balaban J connectivity index is 1.87. The molecule has 0 amide bonds. The molecule has 2 aromatic rings. The molecule has 0 spiro atoms. The highest BCUT2D eigenvalue weighted by Crippen LogP contribution is 2.29. The van der Waals surface area contributed by atoms with Gasteiger partial charge in [-0.05, 0) is 66.4 Å². The fourth-order valence-corrected chi connectivity index (χ4v) is 2.99. The Bertz CT molecular complexity index is 681. The van der Waals surface area contributed by atoms with Crippen molar-refractivity contribution >= 4 is 0 Å². The lowest BCUT2D eigenvalue weighted by Crippen LogP contribution is -2.16. The van der Waals surface area contributed by atoms with E-state index in [-0.39, 0.29) is 11.9 Å². The van der Waals surface area contributed by atoms with Gasteiger partial charge in [-0.15, -0.1) is 0 Å². The number of hydrogen-bond donors (Lipinski definition) is 1. The van der Waals surface area contributed by atoms with E-state index >= 15 is 0 Å². The molecule has 0 bridgehead atoms. The van der Waals surface area contributed by atoms with Crippen molar-refractivity contribution in [3.63, 3.8) is 0 Å². The molecule has 1 saturated heterocycles. The molecule has 1 aliphatic rings. The van der Waals surface area contributed by atoms with Gasteiger partial charge in [-0.1, -0.05) is 12.1 Å². The molecule has 23 heavy (non-hydrogen) atoms. The maximum atomic E-state index is 13.7. The van der Waals surface area contributed by atoms with Gasteiger partial charge in [0.15, 0.2) is 0 Å². The van der Waals surface area contributed by atoms with E-state index in [4.69, 9.17) is 9.47 Å². The number of aryl methyl sites for hydroxylation is 1. The highest BCUT2D eigenvalue weighted by molar-refractivity contribution is 5.69. The van der Waals surface area contributed by atoms with Crippen molar-refractivity contribution in [3.05, 3.63) is 53.3 Å². The summed E-state index contributed by atoms with van der Waals surface area (Å²) in [5, 5.41) is 3.27. The van der Waals surface area contributed by atoms with E-state index in [1.165, 1.54) is 6.07 Å². The molecule has 122 valence electrons. The van der Waals surface area contributed by atoms with E-state index in [1.807, 2.05) is 25.1 Å². The van der Waals surface area contributed by atoms with Crippen LogP contribution in [0.4, 0.5) is 4.39 Å². The van der Waals surface area contributed by atoms with Gasteiger partial charge in [-0.3, -0.25) is 0 Å². The summed E-state index contributed by atoms with van der Waals surface area (Å²) in [6.07, 6.45) is 1.22. The second-order valence-corrected chi connectivity index (χ2v) is 5.91. The first-order valence-electron chi connectivity index (χ1n) is 7.93. The Morgan fingerprint density at radius 2 is 2.09 bits per heavy atom. The topological polar surface area (TPSA) is 30.5 Å². The normalized spacial score (nSPS) is 17.4. The molecule has 0 aliphatic carbocycles. The fraction of sp³-hybridized carbons (Fsp3) is 0.368. The van der Waals surface area contributed by atoms with Gasteiger partial charge in [0.1, 0.15) is 11.6 Å². The molecule has 0 radical (unpaired) electrons. The third-order valence-electron chi connectivity index (χ3n) is 4.26. The maximum absolute atomic E-state index is 13.7. The van der Waals surface area contributed by atoms with E-state index in [0.29, 0.717) is 6.61 Å². The average Bonchev–Trinajstić information content (AvgIpc) is 3.06. The van der Waals surface area contributed by atoms with E-state index in [1.54, 1.807) is 13.2 Å². The second-order valence-electron chi connectivity index (χ2n) is 5.91. The fourth-order valence-electron chi connectivity index (χ4n) is 2.99. The van der Waals surface area contributed by atoms with E-state index in [9.17, 15) is 4.39 Å². The lowest BCUT2D eigenvalue weighted by molar-refractivity contribution is 0.0543. The second kappa shape index (κ2) is 7.11. The van der Waals surface area contributed by atoms with E-state index in [0.717, 1.165) is 47.5 Å². The Kier molecular flexibility index (Phi) is 4.94. The minimum absolute atomic E-state index is 0.212. The van der Waals surface area contributed by atoms with Crippen LogP contribution in [-0.2, 0) is 11.3 Å². The van der Waals surface area contributed by atoms with Gasteiger partial charge in [0.2, 0.25) is 0 Å². The lowest BCUT2D eigenvalue weighted by atomic mass is 9.98. The highest BCUT2D eigenvalue weighted by atomic mass is 19.1. The van der Waals surface area contributed by atoms with E-state index in [2.05, 4.69) is 11.4 Å². The molecule has 2 aromatic carbocycles. The largest absolute Gasteiger partial charge is 0.496 e. The molecule has 1 aliphatic heterocycles. The van der Waals surface area contributed by atoms with Crippen LogP contribution in [0.2, 0.25) is 0 Å². The third-order valence-corrected chi connectivity index (χ3v) is 4.26. The minimum Gasteiger partial charge on any atom is -0.496 e. The first-order valence-corrected chi connectivity index (χ1v) is 7.93. The minimum atomic E-state index is -0.234. The number of benzene rings is 2. The molecule has 3 nitrogen and oxygen atoms in total. The van der Waals surface area contributed by atoms with Gasteiger partial charge in [0, 0.05) is 6.54 Å². The molecule has 3 rings (SSSR count). The summed E-state index contributed by atoms with van der Waals surface area (Å²) in [4.78, 5) is 0. The van der Waals surface area contributed by atoms with Gasteiger partial charge < -0.3 is 14.8 Å². The van der Waals surface area contributed by atoms with E-state index < -0.39 is 0 Å². The van der Waals surface area contributed by atoms with Crippen molar-refractivity contribution in [1.29, 1.82) is 0 Å². The SMILES string of the molecule is COc1ccc(-c2ccc(F)cc2CO[C@H]2CCNC2)cc1C. The van der Waals surface area contributed by atoms with Crippen LogP contribution in [0, 0.1) is 12.7 Å². The van der Waals surface area contributed by atoms with Crippen LogP contribution >= 0.6 is 0 Å². The average molecular weight is 315 g/mol. The Labute approximate surface area is 136 Å². The van der Waals surface area contributed by atoms with Crippen molar-refractivity contribution in [2.75, 3.05) is 20.2 Å². The summed E-state index contributed by atoms with van der Waals surface area (Å²) < 4.78 is 24.9. The molecule has 1 fully saturated rings. The molecular weight excluding hydrogens is 293 g/mol. The molecule has 4 heteroatoms. The standard InChI is InChI=1S/C19H22FNO2/c1-13-9-14(3-6-19(13)22-2)18-5-4-16(20)10-15(18)12-23-17-7-8-21-11-17/h3-6,9-10,17,21H,7-8,11-12H2,1-2H3/t17-/m0/s1. The van der Waals surface area contributed by atoms with Crippen LogP contribution in [0.5, 0.6) is 5.75 Å². The zero-order chi connectivity index (χ0) is 16.2. The maximum Gasteiger partial charge on any atom is 0.123 e. The number of nitrogens with one attached hydrogen (secondary N) is 1. The third kappa shape index (κ3) is 3.71.